The maximum atomic E-state index is 8.39. The van der Waals surface area contributed by atoms with Crippen LogP contribution in [0.1, 0.15) is 44.9 Å². The first-order valence-electron chi connectivity index (χ1n) is 6.26. The van der Waals surface area contributed by atoms with E-state index in [9.17, 15) is 0 Å². The van der Waals surface area contributed by atoms with Crippen molar-refractivity contribution in [1.82, 2.24) is 0 Å². The van der Waals surface area contributed by atoms with E-state index in [-0.39, 0.29) is 6.61 Å². The topological polar surface area (TPSA) is 20.2 Å². The van der Waals surface area contributed by atoms with Crippen molar-refractivity contribution in [1.29, 1.82) is 0 Å². The summed E-state index contributed by atoms with van der Waals surface area (Å²) in [5.74, 6) is 10.8. The predicted octanol–water partition coefficient (Wildman–Crippen LogP) is 3.46. The molecule has 0 heterocycles. The SMILES string of the molecule is C=CC=CCCCCCCCC#CC#CCO. The molecule has 1 nitrogen and oxygen atoms in total. The second kappa shape index (κ2) is 14.6. The molecule has 0 saturated carbocycles. The van der Waals surface area contributed by atoms with Crippen LogP contribution in [0, 0.1) is 23.7 Å². The summed E-state index contributed by atoms with van der Waals surface area (Å²) in [6.45, 7) is 3.53. The molecule has 1 N–H and O–H groups in total. The number of unbranched alkanes of at least 4 members (excludes halogenated alkanes) is 6. The quantitative estimate of drug-likeness (QED) is 0.384. The van der Waals surface area contributed by atoms with E-state index in [1.165, 1.54) is 25.7 Å². The lowest BCUT2D eigenvalue weighted by molar-refractivity contribution is 0.350. The van der Waals surface area contributed by atoms with Crippen molar-refractivity contribution in [2.75, 3.05) is 6.61 Å². The number of hydrogen-bond donors (Lipinski definition) is 1. The van der Waals surface area contributed by atoms with Crippen molar-refractivity contribution in [2.45, 2.75) is 44.9 Å². The van der Waals surface area contributed by atoms with E-state index in [4.69, 9.17) is 5.11 Å². The Bertz CT molecular complexity index is 317. The molecule has 0 aliphatic heterocycles. The van der Waals surface area contributed by atoms with E-state index in [1.807, 2.05) is 12.2 Å². The summed E-state index contributed by atoms with van der Waals surface area (Å²) < 4.78 is 0. The largest absolute Gasteiger partial charge is 0.384 e. The van der Waals surface area contributed by atoms with Gasteiger partial charge in [-0.2, -0.15) is 0 Å². The number of rotatable bonds is 8. The molecule has 0 aromatic rings. The molecular weight excluding hydrogens is 208 g/mol. The predicted molar refractivity (Wildman–Crippen MR) is 74.3 cm³/mol. The van der Waals surface area contributed by atoms with Crippen molar-refractivity contribution in [3.63, 3.8) is 0 Å². The summed E-state index contributed by atoms with van der Waals surface area (Å²) in [5.41, 5.74) is 0. The summed E-state index contributed by atoms with van der Waals surface area (Å²) in [6.07, 6.45) is 14.3. The van der Waals surface area contributed by atoms with E-state index < -0.39 is 0 Å². The van der Waals surface area contributed by atoms with Gasteiger partial charge < -0.3 is 5.11 Å². The van der Waals surface area contributed by atoms with Crippen molar-refractivity contribution in [3.05, 3.63) is 24.8 Å². The Morgan fingerprint density at radius 3 is 2.41 bits per heavy atom. The molecule has 0 amide bonds. The minimum Gasteiger partial charge on any atom is -0.384 e. The van der Waals surface area contributed by atoms with Crippen molar-refractivity contribution < 1.29 is 5.11 Å². The van der Waals surface area contributed by atoms with Gasteiger partial charge in [0.05, 0.1) is 0 Å². The van der Waals surface area contributed by atoms with Gasteiger partial charge in [0.15, 0.2) is 0 Å². The minimum absolute atomic E-state index is 0.102. The Morgan fingerprint density at radius 1 is 0.941 bits per heavy atom. The van der Waals surface area contributed by atoms with Crippen LogP contribution in [0.2, 0.25) is 0 Å². The molecular formula is C16H22O. The summed E-state index contributed by atoms with van der Waals surface area (Å²) >= 11 is 0. The zero-order chi connectivity index (χ0) is 12.6. The molecule has 0 aliphatic carbocycles. The number of allylic oxidation sites excluding steroid dienone is 3. The van der Waals surface area contributed by atoms with Crippen LogP contribution in [0.15, 0.2) is 24.8 Å². The first-order valence-corrected chi connectivity index (χ1v) is 6.26. The molecule has 0 bridgehead atoms. The summed E-state index contributed by atoms with van der Waals surface area (Å²) in [6, 6.07) is 0. The third kappa shape index (κ3) is 14.6. The Kier molecular flexibility index (Phi) is 13.3. The van der Waals surface area contributed by atoms with Gasteiger partial charge in [-0.25, -0.2) is 0 Å². The standard InChI is InChI=1S/C16H22O/c1-2-3-4-5-6-7-8-9-10-11-12-13-14-15-16-17/h2-4,17H,1,5-11,16H2. The van der Waals surface area contributed by atoms with Crippen LogP contribution < -0.4 is 0 Å². The van der Waals surface area contributed by atoms with E-state index in [0.29, 0.717) is 0 Å². The Balaban J connectivity index is 3.20. The molecule has 0 atom stereocenters. The van der Waals surface area contributed by atoms with Gasteiger partial charge in [-0.05, 0) is 31.1 Å². The van der Waals surface area contributed by atoms with Gasteiger partial charge in [0.25, 0.3) is 0 Å². The van der Waals surface area contributed by atoms with Crippen LogP contribution in [0.5, 0.6) is 0 Å². The lowest BCUT2D eigenvalue weighted by atomic mass is 10.1. The molecule has 0 radical (unpaired) electrons. The average molecular weight is 230 g/mol. The van der Waals surface area contributed by atoms with Gasteiger partial charge in [-0.15, -0.1) is 0 Å². The van der Waals surface area contributed by atoms with Crippen LogP contribution in [-0.2, 0) is 0 Å². The zero-order valence-corrected chi connectivity index (χ0v) is 10.5. The summed E-state index contributed by atoms with van der Waals surface area (Å²) in [4.78, 5) is 0. The van der Waals surface area contributed by atoms with Crippen LogP contribution in [0.4, 0.5) is 0 Å². The minimum atomic E-state index is -0.102. The van der Waals surface area contributed by atoms with Gasteiger partial charge in [0, 0.05) is 6.42 Å². The zero-order valence-electron chi connectivity index (χ0n) is 10.5. The Hall–Kier alpha value is -1.44. The van der Waals surface area contributed by atoms with E-state index >= 15 is 0 Å². The smallest absolute Gasteiger partial charge is 0.105 e. The van der Waals surface area contributed by atoms with Gasteiger partial charge in [-0.1, -0.05) is 55.9 Å². The third-order valence-electron chi connectivity index (χ3n) is 2.26. The molecule has 0 aliphatic rings. The molecule has 0 rings (SSSR count). The first-order chi connectivity index (χ1) is 8.41. The summed E-state index contributed by atoms with van der Waals surface area (Å²) in [5, 5.41) is 8.39. The number of aliphatic hydroxyl groups excluding tert-OH is 1. The Labute approximate surface area is 106 Å². The highest BCUT2D eigenvalue weighted by Crippen LogP contribution is 2.07. The molecule has 0 aromatic carbocycles. The van der Waals surface area contributed by atoms with Crippen molar-refractivity contribution in [3.8, 4) is 23.7 Å². The first kappa shape index (κ1) is 15.6. The molecule has 92 valence electrons. The second-order valence-corrected chi connectivity index (χ2v) is 3.73. The number of hydrogen-bond acceptors (Lipinski definition) is 1. The van der Waals surface area contributed by atoms with Crippen LogP contribution in [0.25, 0.3) is 0 Å². The maximum absolute atomic E-state index is 8.39. The highest BCUT2D eigenvalue weighted by atomic mass is 16.2. The fraction of sp³-hybridized carbons (Fsp3) is 0.500. The van der Waals surface area contributed by atoms with Gasteiger partial charge in [0.2, 0.25) is 0 Å². The molecule has 17 heavy (non-hydrogen) atoms. The maximum Gasteiger partial charge on any atom is 0.105 e. The molecule has 0 saturated heterocycles. The average Bonchev–Trinajstić information content (AvgIpc) is 2.35. The highest BCUT2D eigenvalue weighted by Gasteiger charge is 1.88. The van der Waals surface area contributed by atoms with Crippen LogP contribution >= 0.6 is 0 Å². The molecule has 1 heteroatoms. The van der Waals surface area contributed by atoms with Crippen LogP contribution in [-0.4, -0.2) is 11.7 Å². The molecule has 0 spiro atoms. The molecule has 0 aromatic heterocycles. The fourth-order valence-corrected chi connectivity index (χ4v) is 1.39. The monoisotopic (exact) mass is 230 g/mol. The van der Waals surface area contributed by atoms with E-state index in [0.717, 1.165) is 19.3 Å². The third-order valence-corrected chi connectivity index (χ3v) is 2.26. The lowest BCUT2D eigenvalue weighted by Crippen LogP contribution is -1.78. The second-order valence-electron chi connectivity index (χ2n) is 3.73. The van der Waals surface area contributed by atoms with Gasteiger partial charge in [-0.3, -0.25) is 0 Å². The van der Waals surface area contributed by atoms with Crippen molar-refractivity contribution >= 4 is 0 Å². The molecule has 0 unspecified atom stereocenters. The normalized spacial score (nSPS) is 9.24. The van der Waals surface area contributed by atoms with Crippen LogP contribution in [0.3, 0.4) is 0 Å². The fourth-order valence-electron chi connectivity index (χ4n) is 1.39. The number of aliphatic hydroxyl groups is 1. The van der Waals surface area contributed by atoms with E-state index in [2.05, 4.69) is 36.3 Å². The van der Waals surface area contributed by atoms with Gasteiger partial charge >= 0.3 is 0 Å². The van der Waals surface area contributed by atoms with Crippen molar-refractivity contribution in [2.24, 2.45) is 0 Å². The summed E-state index contributed by atoms with van der Waals surface area (Å²) in [7, 11) is 0. The van der Waals surface area contributed by atoms with Gasteiger partial charge in [0.1, 0.15) is 6.61 Å². The lowest BCUT2D eigenvalue weighted by Gasteiger charge is -1.96. The Morgan fingerprint density at radius 2 is 1.65 bits per heavy atom. The van der Waals surface area contributed by atoms with E-state index in [1.54, 1.807) is 0 Å². The molecule has 0 fully saturated rings. The highest BCUT2D eigenvalue weighted by molar-refractivity contribution is 5.25.